The molecule has 0 spiro atoms. The lowest BCUT2D eigenvalue weighted by molar-refractivity contribution is -0.151. The summed E-state index contributed by atoms with van der Waals surface area (Å²) in [5, 5.41) is 8.45. The van der Waals surface area contributed by atoms with Crippen LogP contribution in [0.5, 0.6) is 0 Å². The van der Waals surface area contributed by atoms with Gasteiger partial charge in [0.2, 0.25) is 5.78 Å². The Morgan fingerprint density at radius 3 is 0.887 bits per heavy atom. The molecule has 0 aliphatic heterocycles. The zero-order chi connectivity index (χ0) is 38.6. The maximum Gasteiger partial charge on any atom is 0.372 e. The minimum atomic E-state index is -1.56. The van der Waals surface area contributed by atoms with Crippen molar-refractivity contribution in [3.63, 3.8) is 0 Å². The molecule has 0 bridgehead atoms. The number of carbonyl (C=O) groups excluding carboxylic acids is 2. The Bertz CT molecular complexity index is 789. The maximum atomic E-state index is 11.4. The topological polar surface area (TPSA) is 191 Å². The number of hydrogen-bond donors (Lipinski definition) is 1. The van der Waals surface area contributed by atoms with E-state index in [0.29, 0.717) is 145 Å². The highest BCUT2D eigenvalue weighted by atomic mass is 16.6. The van der Waals surface area contributed by atoms with Crippen LogP contribution in [0.15, 0.2) is 0 Å². The molecule has 0 radical (unpaired) electrons. The molecule has 0 aliphatic rings. The SMILES string of the molecule is CCCCCCCOCCOCCOCCOCCOCCOCCOCCOCCOCCOCCOCCOCCOC(=O)CCC(=O)C(=O)O. The number of carboxylic acid groups (broad SMARTS) is 1. The van der Waals surface area contributed by atoms with Crippen molar-refractivity contribution in [1.82, 2.24) is 0 Å². The summed E-state index contributed by atoms with van der Waals surface area (Å²) in [6.45, 7) is 13.8. The van der Waals surface area contributed by atoms with Crippen LogP contribution in [-0.2, 0) is 76.0 Å². The number of hydrogen-bond acceptors (Lipinski definition) is 16. The average molecular weight is 773 g/mol. The number of Topliss-reactive ketones (excluding diaryl/α,β-unsaturated/α-hetero) is 1. The number of rotatable bonds is 46. The van der Waals surface area contributed by atoms with E-state index < -0.39 is 17.7 Å². The lowest BCUT2D eigenvalue weighted by atomic mass is 10.2. The lowest BCUT2D eigenvalue weighted by Gasteiger charge is -2.09. The molecular formula is C36H68O17. The van der Waals surface area contributed by atoms with E-state index >= 15 is 0 Å². The molecule has 0 heterocycles. The average Bonchev–Trinajstić information content (AvgIpc) is 3.15. The minimum absolute atomic E-state index is 0.0132. The van der Waals surface area contributed by atoms with E-state index in [-0.39, 0.29) is 26.1 Å². The Morgan fingerprint density at radius 1 is 0.340 bits per heavy atom. The normalized spacial score (nSPS) is 11.3. The molecule has 0 saturated heterocycles. The smallest absolute Gasteiger partial charge is 0.372 e. The van der Waals surface area contributed by atoms with Gasteiger partial charge in [-0.2, -0.15) is 0 Å². The molecule has 1 N–H and O–H groups in total. The number of ether oxygens (including phenoxy) is 13. The van der Waals surface area contributed by atoms with Gasteiger partial charge < -0.3 is 66.7 Å². The van der Waals surface area contributed by atoms with E-state index in [4.69, 9.17) is 66.7 Å². The first-order chi connectivity index (χ1) is 26.1. The van der Waals surface area contributed by atoms with Crippen molar-refractivity contribution in [3.8, 4) is 0 Å². The van der Waals surface area contributed by atoms with Gasteiger partial charge >= 0.3 is 11.9 Å². The number of esters is 1. The summed E-state index contributed by atoms with van der Waals surface area (Å²) in [6, 6.07) is 0. The molecule has 0 saturated carbocycles. The molecule has 0 fully saturated rings. The lowest BCUT2D eigenvalue weighted by Crippen LogP contribution is -2.17. The molecule has 0 aromatic heterocycles. The quantitative estimate of drug-likeness (QED) is 0.0537. The number of carbonyl (C=O) groups is 3. The number of carboxylic acids is 1. The monoisotopic (exact) mass is 772 g/mol. The van der Waals surface area contributed by atoms with Gasteiger partial charge in [-0.3, -0.25) is 9.59 Å². The number of aliphatic carboxylic acids is 1. The summed E-state index contributed by atoms with van der Waals surface area (Å²) >= 11 is 0. The van der Waals surface area contributed by atoms with E-state index in [1.165, 1.54) is 25.7 Å². The van der Waals surface area contributed by atoms with Gasteiger partial charge in [0, 0.05) is 13.0 Å². The predicted molar refractivity (Wildman–Crippen MR) is 191 cm³/mol. The van der Waals surface area contributed by atoms with Crippen molar-refractivity contribution >= 4 is 17.7 Å². The van der Waals surface area contributed by atoms with Crippen LogP contribution in [-0.4, -0.2) is 188 Å². The van der Waals surface area contributed by atoms with Gasteiger partial charge in [-0.15, -0.1) is 0 Å². The van der Waals surface area contributed by atoms with E-state index in [1.54, 1.807) is 0 Å². The molecule has 53 heavy (non-hydrogen) atoms. The number of ketones is 1. The largest absolute Gasteiger partial charge is 0.476 e. The highest BCUT2D eigenvalue weighted by Gasteiger charge is 2.14. The van der Waals surface area contributed by atoms with Crippen molar-refractivity contribution in [2.24, 2.45) is 0 Å². The molecule has 0 rings (SSSR count). The molecular weight excluding hydrogens is 704 g/mol. The van der Waals surface area contributed by atoms with Crippen LogP contribution in [0.4, 0.5) is 0 Å². The maximum absolute atomic E-state index is 11.4. The highest BCUT2D eigenvalue weighted by molar-refractivity contribution is 6.32. The van der Waals surface area contributed by atoms with Crippen molar-refractivity contribution < 1.29 is 81.1 Å². The molecule has 0 aromatic carbocycles. The summed E-state index contributed by atoms with van der Waals surface area (Å²) < 4.78 is 70.3. The van der Waals surface area contributed by atoms with Gasteiger partial charge in [-0.1, -0.05) is 32.6 Å². The fraction of sp³-hybridized carbons (Fsp3) is 0.917. The zero-order valence-electron chi connectivity index (χ0n) is 32.1. The zero-order valence-corrected chi connectivity index (χ0v) is 32.1. The summed E-state index contributed by atoms with van der Waals surface area (Å²) in [6.07, 6.45) is 5.57. The van der Waals surface area contributed by atoms with Gasteiger partial charge in [0.1, 0.15) is 6.61 Å². The van der Waals surface area contributed by atoms with Crippen LogP contribution in [0.1, 0.15) is 51.9 Å². The standard InChI is InChI=1S/C36H68O17/c1-2-3-4-5-6-9-41-10-11-42-12-13-43-14-15-44-16-17-45-18-19-46-20-21-47-22-23-48-24-25-49-26-27-50-28-29-51-30-31-52-32-33-53-35(38)8-7-34(37)36(39)40/h2-33H2,1H3,(H,39,40). The summed E-state index contributed by atoms with van der Waals surface area (Å²) in [7, 11) is 0. The van der Waals surface area contributed by atoms with Crippen LogP contribution in [0, 0.1) is 0 Å². The minimum Gasteiger partial charge on any atom is -0.476 e. The molecule has 0 aromatic rings. The van der Waals surface area contributed by atoms with Gasteiger partial charge in [0.05, 0.1) is 158 Å². The van der Waals surface area contributed by atoms with Crippen LogP contribution >= 0.6 is 0 Å². The van der Waals surface area contributed by atoms with Gasteiger partial charge in [0.25, 0.3) is 0 Å². The number of unbranched alkanes of at least 4 members (excludes halogenated alkanes) is 4. The van der Waals surface area contributed by atoms with Crippen LogP contribution in [0.2, 0.25) is 0 Å². The second kappa shape index (κ2) is 44.5. The molecule has 0 aliphatic carbocycles. The van der Waals surface area contributed by atoms with Gasteiger partial charge in [0.15, 0.2) is 0 Å². The Hall–Kier alpha value is -1.87. The van der Waals surface area contributed by atoms with E-state index in [2.05, 4.69) is 6.92 Å². The van der Waals surface area contributed by atoms with Gasteiger partial charge in [-0.25, -0.2) is 4.79 Å². The third-order valence-corrected chi connectivity index (χ3v) is 6.77. The molecule has 0 unspecified atom stereocenters. The summed E-state index contributed by atoms with van der Waals surface area (Å²) in [5.74, 6) is -3.24. The molecule has 17 nitrogen and oxygen atoms in total. The molecule has 0 atom stereocenters. The summed E-state index contributed by atoms with van der Waals surface area (Å²) in [4.78, 5) is 32.7. The third-order valence-electron chi connectivity index (χ3n) is 6.77. The Morgan fingerprint density at radius 2 is 0.604 bits per heavy atom. The first kappa shape index (κ1) is 51.1. The summed E-state index contributed by atoms with van der Waals surface area (Å²) in [5.41, 5.74) is 0. The fourth-order valence-corrected chi connectivity index (χ4v) is 3.94. The highest BCUT2D eigenvalue weighted by Crippen LogP contribution is 2.02. The Labute approximate surface area is 315 Å². The second-order valence-electron chi connectivity index (χ2n) is 11.2. The van der Waals surface area contributed by atoms with E-state index in [0.717, 1.165) is 13.0 Å². The predicted octanol–water partition coefficient (Wildman–Crippen LogP) is 2.13. The molecule has 17 heteroatoms. The van der Waals surface area contributed by atoms with Crippen LogP contribution in [0.3, 0.4) is 0 Å². The third kappa shape index (κ3) is 44.4. The van der Waals surface area contributed by atoms with Crippen molar-refractivity contribution in [1.29, 1.82) is 0 Å². The Balaban J connectivity index is 3.11. The first-order valence-corrected chi connectivity index (χ1v) is 18.9. The van der Waals surface area contributed by atoms with Crippen LogP contribution in [0.25, 0.3) is 0 Å². The molecule has 0 amide bonds. The van der Waals surface area contributed by atoms with Crippen molar-refractivity contribution in [2.75, 3.05) is 165 Å². The second-order valence-corrected chi connectivity index (χ2v) is 11.2. The first-order valence-electron chi connectivity index (χ1n) is 18.9. The van der Waals surface area contributed by atoms with Crippen LogP contribution < -0.4 is 0 Å². The van der Waals surface area contributed by atoms with Crippen molar-refractivity contribution in [3.05, 3.63) is 0 Å². The fourth-order valence-electron chi connectivity index (χ4n) is 3.94. The molecule has 314 valence electrons. The van der Waals surface area contributed by atoms with E-state index in [1.807, 2.05) is 0 Å². The van der Waals surface area contributed by atoms with Crippen molar-refractivity contribution in [2.45, 2.75) is 51.9 Å². The van der Waals surface area contributed by atoms with Gasteiger partial charge in [-0.05, 0) is 6.42 Å². The Kier molecular flexibility index (Phi) is 43.0. The van der Waals surface area contributed by atoms with E-state index in [9.17, 15) is 14.4 Å².